The lowest BCUT2D eigenvalue weighted by Gasteiger charge is -1.98. The van der Waals surface area contributed by atoms with Crippen molar-refractivity contribution in [1.29, 1.82) is 0 Å². The van der Waals surface area contributed by atoms with E-state index in [1.54, 1.807) is 6.20 Å². The second-order valence-electron chi connectivity index (χ2n) is 2.80. The highest BCUT2D eigenvalue weighted by Gasteiger charge is 2.08. The largest absolute Gasteiger partial charge is 0.364 e. The van der Waals surface area contributed by atoms with Crippen LogP contribution in [0.5, 0.6) is 0 Å². The fraction of sp³-hybridized carbons (Fsp3) is 0. The summed E-state index contributed by atoms with van der Waals surface area (Å²) >= 11 is 0. The van der Waals surface area contributed by atoms with Crippen LogP contribution in [-0.2, 0) is 0 Å². The second-order valence-corrected chi connectivity index (χ2v) is 2.80. The molecule has 0 aromatic carbocycles. The van der Waals surface area contributed by atoms with E-state index in [0.29, 0.717) is 11.2 Å². The van der Waals surface area contributed by atoms with Gasteiger partial charge in [-0.3, -0.25) is 4.79 Å². The molecule has 3 N–H and O–H groups in total. The van der Waals surface area contributed by atoms with Crippen molar-refractivity contribution in [3.8, 4) is 12.3 Å². The van der Waals surface area contributed by atoms with E-state index in [1.165, 1.54) is 6.07 Å². The molecule has 2 heterocycles. The standard InChI is InChI=1S/C10H7N3O/c1-2-6-5-8(9(11)14)13-10-7(6)3-4-12-10/h1,3-5H,(H2,11,14)(H,12,13). The van der Waals surface area contributed by atoms with Gasteiger partial charge >= 0.3 is 0 Å². The number of aromatic nitrogens is 2. The van der Waals surface area contributed by atoms with E-state index in [0.717, 1.165) is 5.39 Å². The third-order valence-corrected chi connectivity index (χ3v) is 1.94. The fourth-order valence-corrected chi connectivity index (χ4v) is 1.28. The zero-order chi connectivity index (χ0) is 10.1. The van der Waals surface area contributed by atoms with Gasteiger partial charge in [0.2, 0.25) is 0 Å². The highest BCUT2D eigenvalue weighted by Crippen LogP contribution is 2.15. The predicted molar refractivity (Wildman–Crippen MR) is 52.5 cm³/mol. The van der Waals surface area contributed by atoms with Crippen LogP contribution in [0.2, 0.25) is 0 Å². The number of amides is 1. The first-order valence-electron chi connectivity index (χ1n) is 3.97. The minimum absolute atomic E-state index is 0.174. The molecular formula is C10H7N3O. The highest BCUT2D eigenvalue weighted by atomic mass is 16.1. The minimum Gasteiger partial charge on any atom is -0.364 e. The summed E-state index contributed by atoms with van der Waals surface area (Å²) in [6, 6.07) is 3.32. The fourth-order valence-electron chi connectivity index (χ4n) is 1.28. The van der Waals surface area contributed by atoms with Crippen LogP contribution in [0.15, 0.2) is 18.3 Å². The number of fused-ring (bicyclic) bond motifs is 1. The molecule has 0 aliphatic heterocycles. The monoisotopic (exact) mass is 185 g/mol. The van der Waals surface area contributed by atoms with Crippen molar-refractivity contribution in [1.82, 2.24) is 9.97 Å². The van der Waals surface area contributed by atoms with E-state index >= 15 is 0 Å². The van der Waals surface area contributed by atoms with E-state index in [1.807, 2.05) is 6.07 Å². The number of pyridine rings is 1. The average Bonchev–Trinajstić information content (AvgIpc) is 2.63. The zero-order valence-electron chi connectivity index (χ0n) is 7.24. The van der Waals surface area contributed by atoms with Gasteiger partial charge in [0, 0.05) is 17.1 Å². The van der Waals surface area contributed by atoms with Crippen LogP contribution in [0.1, 0.15) is 16.1 Å². The molecule has 4 nitrogen and oxygen atoms in total. The number of nitrogens with zero attached hydrogens (tertiary/aromatic N) is 1. The maximum Gasteiger partial charge on any atom is 0.267 e. The molecule has 2 aromatic rings. The molecule has 0 radical (unpaired) electrons. The maximum absolute atomic E-state index is 10.9. The Labute approximate surface area is 80.1 Å². The second kappa shape index (κ2) is 2.89. The van der Waals surface area contributed by atoms with Crippen LogP contribution >= 0.6 is 0 Å². The van der Waals surface area contributed by atoms with Gasteiger partial charge in [-0.2, -0.15) is 0 Å². The molecule has 4 heteroatoms. The van der Waals surface area contributed by atoms with E-state index in [2.05, 4.69) is 15.9 Å². The molecule has 0 saturated carbocycles. The SMILES string of the molecule is C#Cc1cc(C(N)=O)nc2[nH]ccc12. The van der Waals surface area contributed by atoms with E-state index < -0.39 is 5.91 Å². The third-order valence-electron chi connectivity index (χ3n) is 1.94. The van der Waals surface area contributed by atoms with Gasteiger partial charge in [0.1, 0.15) is 11.3 Å². The van der Waals surface area contributed by atoms with Crippen molar-refractivity contribution in [3.63, 3.8) is 0 Å². The molecule has 1 amide bonds. The van der Waals surface area contributed by atoms with Crippen molar-refractivity contribution in [2.75, 3.05) is 0 Å². The summed E-state index contributed by atoms with van der Waals surface area (Å²) in [4.78, 5) is 17.8. The van der Waals surface area contributed by atoms with Gasteiger partial charge in [-0.1, -0.05) is 5.92 Å². The van der Waals surface area contributed by atoms with Crippen LogP contribution in [0, 0.1) is 12.3 Å². The minimum atomic E-state index is -0.585. The van der Waals surface area contributed by atoms with Crippen molar-refractivity contribution < 1.29 is 4.79 Å². The van der Waals surface area contributed by atoms with E-state index in [-0.39, 0.29) is 5.69 Å². The summed E-state index contributed by atoms with van der Waals surface area (Å²) in [6.07, 6.45) is 7.01. The highest BCUT2D eigenvalue weighted by molar-refractivity contribution is 5.95. The normalized spacial score (nSPS) is 9.93. The quantitative estimate of drug-likeness (QED) is 0.640. The molecule has 2 aromatic heterocycles. The van der Waals surface area contributed by atoms with Crippen molar-refractivity contribution >= 4 is 16.9 Å². The number of rotatable bonds is 1. The summed E-state index contributed by atoms with van der Waals surface area (Å²) in [6.45, 7) is 0. The smallest absolute Gasteiger partial charge is 0.267 e. The number of carbonyl (C=O) groups is 1. The third kappa shape index (κ3) is 1.12. The number of nitrogens with one attached hydrogen (secondary N) is 1. The van der Waals surface area contributed by atoms with Crippen molar-refractivity contribution in [2.24, 2.45) is 5.73 Å². The number of aromatic amines is 1. The lowest BCUT2D eigenvalue weighted by molar-refractivity contribution is 0.0996. The van der Waals surface area contributed by atoms with Crippen molar-refractivity contribution in [3.05, 3.63) is 29.6 Å². The van der Waals surface area contributed by atoms with Crippen LogP contribution in [0.25, 0.3) is 11.0 Å². The number of H-pyrrole nitrogens is 1. The Bertz CT molecular complexity index is 548. The maximum atomic E-state index is 10.9. The Morgan fingerprint density at radius 1 is 1.64 bits per heavy atom. The number of carbonyl (C=O) groups excluding carboxylic acids is 1. The molecule has 0 fully saturated rings. The lowest BCUT2D eigenvalue weighted by Crippen LogP contribution is -2.13. The number of primary amides is 1. The predicted octanol–water partition coefficient (Wildman–Crippen LogP) is 0.643. The Hall–Kier alpha value is -2.28. The summed E-state index contributed by atoms with van der Waals surface area (Å²) in [5.41, 5.74) is 6.48. The molecular weight excluding hydrogens is 178 g/mol. The molecule has 0 bridgehead atoms. The Morgan fingerprint density at radius 2 is 2.43 bits per heavy atom. The molecule has 0 unspecified atom stereocenters. The van der Waals surface area contributed by atoms with Gasteiger partial charge in [-0.05, 0) is 12.1 Å². The Kier molecular flexibility index (Phi) is 1.72. The number of hydrogen-bond donors (Lipinski definition) is 2. The van der Waals surface area contributed by atoms with Crippen LogP contribution < -0.4 is 5.73 Å². The first kappa shape index (κ1) is 8.32. The Balaban J connectivity index is 2.82. The molecule has 2 rings (SSSR count). The van der Waals surface area contributed by atoms with E-state index in [9.17, 15) is 4.79 Å². The topological polar surface area (TPSA) is 71.8 Å². The summed E-state index contributed by atoms with van der Waals surface area (Å²) in [5.74, 6) is 1.90. The lowest BCUT2D eigenvalue weighted by atomic mass is 10.1. The van der Waals surface area contributed by atoms with Gasteiger partial charge in [0.05, 0.1) is 0 Å². The van der Waals surface area contributed by atoms with Crippen LogP contribution in [0.4, 0.5) is 0 Å². The molecule has 0 saturated heterocycles. The molecule has 0 aliphatic rings. The van der Waals surface area contributed by atoms with Gasteiger partial charge in [-0.25, -0.2) is 4.98 Å². The van der Waals surface area contributed by atoms with Crippen LogP contribution in [-0.4, -0.2) is 15.9 Å². The molecule has 0 aliphatic carbocycles. The van der Waals surface area contributed by atoms with Gasteiger partial charge in [0.25, 0.3) is 5.91 Å². The summed E-state index contributed by atoms with van der Waals surface area (Å²) in [7, 11) is 0. The zero-order valence-corrected chi connectivity index (χ0v) is 7.24. The molecule has 68 valence electrons. The molecule has 0 atom stereocenters. The van der Waals surface area contributed by atoms with Gasteiger partial charge < -0.3 is 10.7 Å². The van der Waals surface area contributed by atoms with Gasteiger partial charge in [0.15, 0.2) is 0 Å². The van der Waals surface area contributed by atoms with Gasteiger partial charge in [-0.15, -0.1) is 6.42 Å². The first-order valence-corrected chi connectivity index (χ1v) is 3.97. The molecule has 14 heavy (non-hydrogen) atoms. The van der Waals surface area contributed by atoms with E-state index in [4.69, 9.17) is 12.2 Å². The number of hydrogen-bond acceptors (Lipinski definition) is 2. The first-order chi connectivity index (χ1) is 6.72. The molecule has 0 spiro atoms. The van der Waals surface area contributed by atoms with Crippen molar-refractivity contribution in [2.45, 2.75) is 0 Å². The number of terminal acetylenes is 1. The van der Waals surface area contributed by atoms with Crippen LogP contribution in [0.3, 0.4) is 0 Å². The average molecular weight is 185 g/mol. The number of nitrogens with two attached hydrogens (primary N) is 1. The summed E-state index contributed by atoms with van der Waals surface area (Å²) in [5, 5.41) is 0.817. The Morgan fingerprint density at radius 3 is 3.07 bits per heavy atom. The summed E-state index contributed by atoms with van der Waals surface area (Å²) < 4.78 is 0.